The van der Waals surface area contributed by atoms with Gasteiger partial charge in [0.2, 0.25) is 0 Å². The van der Waals surface area contributed by atoms with Crippen molar-refractivity contribution < 1.29 is 9.13 Å². The molecule has 0 bridgehead atoms. The van der Waals surface area contributed by atoms with E-state index in [0.29, 0.717) is 13.2 Å². The standard InChI is InChI=1S/C13H18FNO/c1-4-15-8-11(3)9-16-13-7-10(2)5-6-12(13)14/h5-7,15H,3-4,8-9H2,1-2H3. The maximum absolute atomic E-state index is 13.3. The third-order valence-electron chi connectivity index (χ3n) is 2.14. The maximum atomic E-state index is 13.3. The lowest BCUT2D eigenvalue weighted by Crippen LogP contribution is -2.19. The highest BCUT2D eigenvalue weighted by Crippen LogP contribution is 2.18. The molecule has 0 saturated heterocycles. The summed E-state index contributed by atoms with van der Waals surface area (Å²) in [6.45, 7) is 9.70. The van der Waals surface area contributed by atoms with E-state index in [9.17, 15) is 4.39 Å². The maximum Gasteiger partial charge on any atom is 0.165 e. The Hall–Kier alpha value is -1.35. The van der Waals surface area contributed by atoms with Crippen LogP contribution in [0.2, 0.25) is 0 Å². The predicted octanol–water partition coefficient (Wildman–Crippen LogP) is 2.68. The summed E-state index contributed by atoms with van der Waals surface area (Å²) in [6.07, 6.45) is 0. The Morgan fingerprint density at radius 3 is 2.94 bits per heavy atom. The largest absolute Gasteiger partial charge is 0.486 e. The Balaban J connectivity index is 2.47. The summed E-state index contributed by atoms with van der Waals surface area (Å²) in [6, 6.07) is 4.82. The fraction of sp³-hybridized carbons (Fsp3) is 0.385. The third-order valence-corrected chi connectivity index (χ3v) is 2.14. The molecule has 0 atom stereocenters. The van der Waals surface area contributed by atoms with E-state index in [1.54, 1.807) is 12.1 Å². The van der Waals surface area contributed by atoms with E-state index in [1.165, 1.54) is 6.07 Å². The fourth-order valence-corrected chi connectivity index (χ4v) is 1.25. The lowest BCUT2D eigenvalue weighted by Gasteiger charge is -2.10. The van der Waals surface area contributed by atoms with Crippen LogP contribution < -0.4 is 10.1 Å². The number of likely N-dealkylation sites (N-methyl/N-ethyl adjacent to an activating group) is 1. The van der Waals surface area contributed by atoms with Gasteiger partial charge in [0.25, 0.3) is 0 Å². The van der Waals surface area contributed by atoms with Gasteiger partial charge in [0, 0.05) is 6.54 Å². The summed E-state index contributed by atoms with van der Waals surface area (Å²) in [7, 11) is 0. The molecule has 0 fully saturated rings. The number of nitrogens with one attached hydrogen (secondary N) is 1. The minimum absolute atomic E-state index is 0.289. The Kier molecular flexibility index (Phi) is 4.99. The molecule has 0 aliphatic carbocycles. The molecule has 16 heavy (non-hydrogen) atoms. The van der Waals surface area contributed by atoms with Crippen LogP contribution in [-0.2, 0) is 0 Å². The number of hydrogen-bond acceptors (Lipinski definition) is 2. The van der Waals surface area contributed by atoms with Crippen LogP contribution in [0.25, 0.3) is 0 Å². The Labute approximate surface area is 96.1 Å². The summed E-state index contributed by atoms with van der Waals surface area (Å²) in [5.74, 6) is -0.0421. The molecule has 0 unspecified atom stereocenters. The van der Waals surface area contributed by atoms with Gasteiger partial charge in [-0.05, 0) is 36.7 Å². The fourth-order valence-electron chi connectivity index (χ4n) is 1.25. The van der Waals surface area contributed by atoms with Gasteiger partial charge in [-0.25, -0.2) is 4.39 Å². The first kappa shape index (κ1) is 12.7. The SMILES string of the molecule is C=C(CNCC)COc1cc(C)ccc1F. The minimum Gasteiger partial charge on any atom is -0.486 e. The molecule has 0 aliphatic heterocycles. The second-order valence-electron chi connectivity index (χ2n) is 3.75. The van der Waals surface area contributed by atoms with Gasteiger partial charge < -0.3 is 10.1 Å². The molecular formula is C13H18FNO. The van der Waals surface area contributed by atoms with E-state index >= 15 is 0 Å². The summed E-state index contributed by atoms with van der Waals surface area (Å²) in [4.78, 5) is 0. The van der Waals surface area contributed by atoms with Crippen LogP contribution in [0.5, 0.6) is 5.75 Å². The van der Waals surface area contributed by atoms with Gasteiger partial charge in [0.1, 0.15) is 6.61 Å². The zero-order valence-electron chi connectivity index (χ0n) is 9.85. The molecule has 1 N–H and O–H groups in total. The monoisotopic (exact) mass is 223 g/mol. The number of benzene rings is 1. The molecule has 1 aromatic carbocycles. The molecule has 0 spiro atoms. The molecule has 0 amide bonds. The van der Waals surface area contributed by atoms with Crippen molar-refractivity contribution in [2.45, 2.75) is 13.8 Å². The van der Waals surface area contributed by atoms with Crippen molar-refractivity contribution in [2.75, 3.05) is 19.7 Å². The summed E-state index contributed by atoms with van der Waals surface area (Å²) >= 11 is 0. The number of hydrogen-bond donors (Lipinski definition) is 1. The molecule has 0 aromatic heterocycles. The number of halogens is 1. The second kappa shape index (κ2) is 6.28. The van der Waals surface area contributed by atoms with E-state index in [-0.39, 0.29) is 11.6 Å². The van der Waals surface area contributed by atoms with Gasteiger partial charge in [-0.3, -0.25) is 0 Å². The molecule has 1 aromatic rings. The van der Waals surface area contributed by atoms with Gasteiger partial charge in [-0.2, -0.15) is 0 Å². The summed E-state index contributed by atoms with van der Waals surface area (Å²) in [5, 5.41) is 3.14. The number of aryl methyl sites for hydroxylation is 1. The number of rotatable bonds is 6. The van der Waals surface area contributed by atoms with Gasteiger partial charge in [-0.15, -0.1) is 0 Å². The first-order valence-corrected chi connectivity index (χ1v) is 5.39. The molecule has 1 rings (SSSR count). The normalized spacial score (nSPS) is 10.2. The topological polar surface area (TPSA) is 21.3 Å². The van der Waals surface area contributed by atoms with E-state index in [1.807, 2.05) is 13.8 Å². The van der Waals surface area contributed by atoms with E-state index in [0.717, 1.165) is 17.7 Å². The Morgan fingerprint density at radius 1 is 1.50 bits per heavy atom. The van der Waals surface area contributed by atoms with Gasteiger partial charge in [0.05, 0.1) is 0 Å². The Bertz CT molecular complexity index is 363. The van der Waals surface area contributed by atoms with Crippen molar-refractivity contribution >= 4 is 0 Å². The van der Waals surface area contributed by atoms with Crippen LogP contribution in [-0.4, -0.2) is 19.7 Å². The van der Waals surface area contributed by atoms with Gasteiger partial charge in [0.15, 0.2) is 11.6 Å². The lowest BCUT2D eigenvalue weighted by atomic mass is 10.2. The van der Waals surface area contributed by atoms with Crippen LogP contribution in [0, 0.1) is 12.7 Å². The first-order valence-electron chi connectivity index (χ1n) is 5.39. The molecule has 0 heterocycles. The van der Waals surface area contributed by atoms with Crippen LogP contribution in [0.3, 0.4) is 0 Å². The summed E-state index contributed by atoms with van der Waals surface area (Å²) < 4.78 is 18.7. The highest BCUT2D eigenvalue weighted by Gasteiger charge is 2.03. The van der Waals surface area contributed by atoms with Crippen molar-refractivity contribution in [2.24, 2.45) is 0 Å². The van der Waals surface area contributed by atoms with Gasteiger partial charge in [-0.1, -0.05) is 19.6 Å². The van der Waals surface area contributed by atoms with E-state index in [2.05, 4.69) is 11.9 Å². The second-order valence-corrected chi connectivity index (χ2v) is 3.75. The van der Waals surface area contributed by atoms with Gasteiger partial charge >= 0.3 is 0 Å². The molecule has 0 saturated carbocycles. The highest BCUT2D eigenvalue weighted by atomic mass is 19.1. The van der Waals surface area contributed by atoms with E-state index < -0.39 is 0 Å². The molecular weight excluding hydrogens is 205 g/mol. The quantitative estimate of drug-likeness (QED) is 0.749. The highest BCUT2D eigenvalue weighted by molar-refractivity contribution is 5.29. The Morgan fingerprint density at radius 2 is 2.25 bits per heavy atom. The van der Waals surface area contributed by atoms with Crippen LogP contribution in [0.15, 0.2) is 30.4 Å². The zero-order valence-corrected chi connectivity index (χ0v) is 9.85. The molecule has 88 valence electrons. The van der Waals surface area contributed by atoms with Crippen LogP contribution in [0.1, 0.15) is 12.5 Å². The van der Waals surface area contributed by atoms with E-state index in [4.69, 9.17) is 4.74 Å². The van der Waals surface area contributed by atoms with Crippen molar-refractivity contribution in [3.8, 4) is 5.75 Å². The number of ether oxygens (including phenoxy) is 1. The molecule has 0 aliphatic rings. The molecule has 2 nitrogen and oxygen atoms in total. The average molecular weight is 223 g/mol. The molecule has 3 heteroatoms. The first-order chi connectivity index (χ1) is 7.63. The third kappa shape index (κ3) is 4.03. The molecule has 0 radical (unpaired) electrons. The average Bonchev–Trinajstić information content (AvgIpc) is 2.27. The van der Waals surface area contributed by atoms with Crippen molar-refractivity contribution in [3.63, 3.8) is 0 Å². The predicted molar refractivity (Wildman–Crippen MR) is 64.3 cm³/mol. The summed E-state index contributed by atoms with van der Waals surface area (Å²) in [5.41, 5.74) is 1.89. The van der Waals surface area contributed by atoms with Crippen LogP contribution in [0.4, 0.5) is 4.39 Å². The van der Waals surface area contributed by atoms with Crippen LogP contribution >= 0.6 is 0 Å². The van der Waals surface area contributed by atoms with Crippen molar-refractivity contribution in [3.05, 3.63) is 41.7 Å². The minimum atomic E-state index is -0.332. The van der Waals surface area contributed by atoms with Crippen molar-refractivity contribution in [1.29, 1.82) is 0 Å². The van der Waals surface area contributed by atoms with Crippen molar-refractivity contribution in [1.82, 2.24) is 5.32 Å². The smallest absolute Gasteiger partial charge is 0.165 e. The lowest BCUT2D eigenvalue weighted by molar-refractivity contribution is 0.329. The zero-order chi connectivity index (χ0) is 12.0.